The van der Waals surface area contributed by atoms with Crippen LogP contribution in [0.2, 0.25) is 0 Å². The van der Waals surface area contributed by atoms with Crippen molar-refractivity contribution in [2.24, 2.45) is 0 Å². The molecule has 3 rings (SSSR count). The molecule has 2 nitrogen and oxygen atoms in total. The molecule has 0 atom stereocenters. The van der Waals surface area contributed by atoms with Crippen molar-refractivity contribution in [3.8, 4) is 10.6 Å². The zero-order valence-electron chi connectivity index (χ0n) is 11.0. The van der Waals surface area contributed by atoms with Gasteiger partial charge in [-0.3, -0.25) is 0 Å². The van der Waals surface area contributed by atoms with Gasteiger partial charge in [-0.15, -0.1) is 11.3 Å². The molecule has 3 aromatic rings. The van der Waals surface area contributed by atoms with Gasteiger partial charge in [-0.1, -0.05) is 12.1 Å². The number of nitrogens with two attached hydrogens (primary N) is 1. The summed E-state index contributed by atoms with van der Waals surface area (Å²) in [6.07, 6.45) is -4.42. The molecule has 1 aromatic heterocycles. The number of hydrogen-bond donors (Lipinski definition) is 1. The summed E-state index contributed by atoms with van der Waals surface area (Å²) in [5.41, 5.74) is 7.12. The van der Waals surface area contributed by atoms with Crippen molar-refractivity contribution in [1.82, 2.24) is 4.98 Å². The van der Waals surface area contributed by atoms with Crippen LogP contribution >= 0.6 is 11.3 Å². The third-order valence-corrected chi connectivity index (χ3v) is 4.22. The van der Waals surface area contributed by atoms with Gasteiger partial charge in [-0.2, -0.15) is 13.2 Å². The molecule has 0 aliphatic heterocycles. The first kappa shape index (κ1) is 13.9. The van der Waals surface area contributed by atoms with Crippen molar-refractivity contribution >= 4 is 27.2 Å². The Bertz CT molecular complexity index is 821. The number of thiazole rings is 1. The Morgan fingerprint density at radius 2 is 1.90 bits per heavy atom. The Kier molecular flexibility index (Phi) is 3.13. The number of anilines is 1. The summed E-state index contributed by atoms with van der Waals surface area (Å²) < 4.78 is 39.5. The van der Waals surface area contributed by atoms with Crippen LogP contribution in [0.25, 0.3) is 20.8 Å². The third-order valence-electron chi connectivity index (χ3n) is 3.15. The van der Waals surface area contributed by atoms with Gasteiger partial charge in [0.15, 0.2) is 0 Å². The SMILES string of the molecule is Cc1cccc2sc(-c3cc(N)cc(C(F)(F)F)c3)nc12. The van der Waals surface area contributed by atoms with Crippen molar-refractivity contribution < 1.29 is 13.2 Å². The number of fused-ring (bicyclic) bond motifs is 1. The summed E-state index contributed by atoms with van der Waals surface area (Å²) in [5, 5.41) is 0.539. The second kappa shape index (κ2) is 4.73. The lowest BCUT2D eigenvalue weighted by atomic mass is 10.1. The molecule has 0 aliphatic rings. The van der Waals surface area contributed by atoms with Gasteiger partial charge in [0.2, 0.25) is 0 Å². The van der Waals surface area contributed by atoms with E-state index in [1.54, 1.807) is 0 Å². The molecule has 0 amide bonds. The number of benzene rings is 2. The molecule has 21 heavy (non-hydrogen) atoms. The number of nitrogens with zero attached hydrogens (tertiary/aromatic N) is 1. The molecule has 2 N–H and O–H groups in total. The first-order valence-electron chi connectivity index (χ1n) is 6.19. The van der Waals surface area contributed by atoms with Crippen molar-refractivity contribution in [2.45, 2.75) is 13.1 Å². The van der Waals surface area contributed by atoms with E-state index in [1.165, 1.54) is 17.4 Å². The highest BCUT2D eigenvalue weighted by Crippen LogP contribution is 2.37. The van der Waals surface area contributed by atoms with Gasteiger partial charge >= 0.3 is 6.18 Å². The van der Waals surface area contributed by atoms with E-state index in [2.05, 4.69) is 4.98 Å². The summed E-state index contributed by atoms with van der Waals surface area (Å²) in [7, 11) is 0. The Balaban J connectivity index is 2.18. The highest BCUT2D eigenvalue weighted by atomic mass is 32.1. The molecular weight excluding hydrogens is 297 g/mol. The lowest BCUT2D eigenvalue weighted by Gasteiger charge is -2.09. The van der Waals surface area contributed by atoms with E-state index in [0.29, 0.717) is 10.6 Å². The molecule has 0 radical (unpaired) electrons. The molecule has 1 heterocycles. The molecule has 0 fully saturated rings. The van der Waals surface area contributed by atoms with E-state index in [0.717, 1.165) is 27.9 Å². The zero-order chi connectivity index (χ0) is 15.2. The van der Waals surface area contributed by atoms with Gasteiger partial charge in [-0.25, -0.2) is 4.98 Å². The topological polar surface area (TPSA) is 38.9 Å². The van der Waals surface area contributed by atoms with Gasteiger partial charge in [0.1, 0.15) is 5.01 Å². The van der Waals surface area contributed by atoms with Crippen molar-refractivity contribution in [2.75, 3.05) is 5.73 Å². The molecule has 2 aromatic carbocycles. The van der Waals surface area contributed by atoms with Crippen LogP contribution in [-0.2, 0) is 6.18 Å². The monoisotopic (exact) mass is 308 g/mol. The summed E-state index contributed by atoms with van der Waals surface area (Å²) in [6, 6.07) is 9.26. The number of rotatable bonds is 1. The Hall–Kier alpha value is -2.08. The predicted octanol–water partition coefficient (Wildman–Crippen LogP) is 4.87. The normalized spacial score (nSPS) is 12.0. The number of alkyl halides is 3. The maximum atomic E-state index is 12.9. The van der Waals surface area contributed by atoms with Crippen LogP contribution in [0.5, 0.6) is 0 Å². The van der Waals surface area contributed by atoms with Crippen molar-refractivity contribution in [3.05, 3.63) is 47.5 Å². The Morgan fingerprint density at radius 3 is 2.57 bits per heavy atom. The molecule has 0 saturated heterocycles. The molecule has 6 heteroatoms. The maximum absolute atomic E-state index is 12.9. The summed E-state index contributed by atoms with van der Waals surface area (Å²) in [5.74, 6) is 0. The molecule has 0 unspecified atom stereocenters. The van der Waals surface area contributed by atoms with Crippen LogP contribution in [0.4, 0.5) is 18.9 Å². The molecule has 0 spiro atoms. The second-order valence-corrected chi connectivity index (χ2v) is 5.81. The highest BCUT2D eigenvalue weighted by molar-refractivity contribution is 7.21. The molecule has 0 saturated carbocycles. The Labute approximate surface area is 123 Å². The number of halogens is 3. The fraction of sp³-hybridized carbons (Fsp3) is 0.133. The zero-order valence-corrected chi connectivity index (χ0v) is 11.8. The number of nitrogen functional groups attached to an aromatic ring is 1. The summed E-state index contributed by atoms with van der Waals surface area (Å²) in [6.45, 7) is 1.92. The summed E-state index contributed by atoms with van der Waals surface area (Å²) >= 11 is 1.36. The number of aromatic nitrogens is 1. The maximum Gasteiger partial charge on any atom is 0.416 e. The Morgan fingerprint density at radius 1 is 1.14 bits per heavy atom. The standard InChI is InChI=1S/C15H11F3N2S/c1-8-3-2-4-12-13(8)20-14(21-12)9-5-10(15(16,17)18)7-11(19)6-9/h2-7H,19H2,1H3. The van der Waals surface area contributed by atoms with Gasteiger partial charge in [0, 0.05) is 11.3 Å². The lowest BCUT2D eigenvalue weighted by Crippen LogP contribution is -2.05. The molecule has 108 valence electrons. The summed E-state index contributed by atoms with van der Waals surface area (Å²) in [4.78, 5) is 4.44. The quantitative estimate of drug-likeness (QED) is 0.651. The first-order chi connectivity index (χ1) is 9.84. The second-order valence-electron chi connectivity index (χ2n) is 4.78. The fourth-order valence-electron chi connectivity index (χ4n) is 2.15. The van der Waals surface area contributed by atoms with Crippen LogP contribution in [0.1, 0.15) is 11.1 Å². The molecular formula is C15H11F3N2S. The van der Waals surface area contributed by atoms with Crippen LogP contribution in [0.3, 0.4) is 0 Å². The largest absolute Gasteiger partial charge is 0.416 e. The van der Waals surface area contributed by atoms with Crippen LogP contribution in [-0.4, -0.2) is 4.98 Å². The van der Waals surface area contributed by atoms with E-state index in [4.69, 9.17) is 5.73 Å². The third kappa shape index (κ3) is 2.58. The minimum absolute atomic E-state index is 0.0794. The van der Waals surface area contributed by atoms with Crippen LogP contribution in [0, 0.1) is 6.92 Å². The van der Waals surface area contributed by atoms with E-state index in [1.807, 2.05) is 25.1 Å². The number of hydrogen-bond acceptors (Lipinski definition) is 3. The predicted molar refractivity (Wildman–Crippen MR) is 79.2 cm³/mol. The number of aryl methyl sites for hydroxylation is 1. The van der Waals surface area contributed by atoms with E-state index >= 15 is 0 Å². The van der Waals surface area contributed by atoms with Crippen LogP contribution in [0.15, 0.2) is 36.4 Å². The van der Waals surface area contributed by atoms with E-state index in [9.17, 15) is 13.2 Å². The van der Waals surface area contributed by atoms with E-state index in [-0.39, 0.29) is 5.69 Å². The van der Waals surface area contributed by atoms with Crippen molar-refractivity contribution in [3.63, 3.8) is 0 Å². The average molecular weight is 308 g/mol. The van der Waals surface area contributed by atoms with Gasteiger partial charge in [0.25, 0.3) is 0 Å². The molecule has 0 aliphatic carbocycles. The minimum Gasteiger partial charge on any atom is -0.399 e. The number of para-hydroxylation sites is 1. The van der Waals surface area contributed by atoms with Gasteiger partial charge in [0.05, 0.1) is 15.8 Å². The van der Waals surface area contributed by atoms with Crippen LogP contribution < -0.4 is 5.73 Å². The van der Waals surface area contributed by atoms with Crippen molar-refractivity contribution in [1.29, 1.82) is 0 Å². The first-order valence-corrected chi connectivity index (χ1v) is 7.00. The van der Waals surface area contributed by atoms with Gasteiger partial charge in [-0.05, 0) is 36.8 Å². The average Bonchev–Trinajstić information content (AvgIpc) is 2.82. The van der Waals surface area contributed by atoms with Gasteiger partial charge < -0.3 is 5.73 Å². The smallest absolute Gasteiger partial charge is 0.399 e. The lowest BCUT2D eigenvalue weighted by molar-refractivity contribution is -0.137. The molecule has 0 bridgehead atoms. The minimum atomic E-state index is -4.42. The highest BCUT2D eigenvalue weighted by Gasteiger charge is 2.31. The fourth-order valence-corrected chi connectivity index (χ4v) is 3.18. The van der Waals surface area contributed by atoms with E-state index < -0.39 is 11.7 Å².